The van der Waals surface area contributed by atoms with Crippen LogP contribution in [-0.4, -0.2) is 45.0 Å². The third-order valence-corrected chi connectivity index (χ3v) is 3.59. The van der Waals surface area contributed by atoms with Crippen molar-refractivity contribution in [3.63, 3.8) is 0 Å². The van der Waals surface area contributed by atoms with Crippen molar-refractivity contribution >= 4 is 11.7 Å². The standard InChI is InChI=1S/C14H20N2O3/c1-10(17)11-7-12(15(3)8-11)13(18)16-6-4-5-14(2,19)9-16/h7-8,19H,4-6,9H2,1-3H3. The number of aromatic nitrogens is 1. The summed E-state index contributed by atoms with van der Waals surface area (Å²) in [5.74, 6) is -0.185. The van der Waals surface area contributed by atoms with Gasteiger partial charge in [-0.3, -0.25) is 9.59 Å². The van der Waals surface area contributed by atoms with Crippen LogP contribution in [0.15, 0.2) is 12.3 Å². The molecule has 0 spiro atoms. The minimum absolute atomic E-state index is 0.0553. The van der Waals surface area contributed by atoms with E-state index in [1.165, 1.54) is 6.92 Å². The van der Waals surface area contributed by atoms with Gasteiger partial charge in [0.2, 0.25) is 0 Å². The molecule has 1 aliphatic rings. The zero-order chi connectivity index (χ0) is 14.2. The molecule has 1 aromatic heterocycles. The average molecular weight is 264 g/mol. The molecule has 1 atom stereocenters. The smallest absolute Gasteiger partial charge is 0.270 e. The molecule has 1 aromatic rings. The molecule has 0 bridgehead atoms. The molecule has 1 N–H and O–H groups in total. The first-order chi connectivity index (χ1) is 8.80. The van der Waals surface area contributed by atoms with E-state index >= 15 is 0 Å². The van der Waals surface area contributed by atoms with Gasteiger partial charge in [-0.05, 0) is 32.8 Å². The molecule has 0 aromatic carbocycles. The van der Waals surface area contributed by atoms with Crippen molar-refractivity contribution in [1.29, 1.82) is 0 Å². The summed E-state index contributed by atoms with van der Waals surface area (Å²) in [6.07, 6.45) is 3.17. The minimum atomic E-state index is -0.817. The van der Waals surface area contributed by atoms with Gasteiger partial charge in [-0.2, -0.15) is 0 Å². The highest BCUT2D eigenvalue weighted by atomic mass is 16.3. The number of likely N-dealkylation sites (tertiary alicyclic amines) is 1. The number of carbonyl (C=O) groups is 2. The third kappa shape index (κ3) is 2.87. The fourth-order valence-electron chi connectivity index (χ4n) is 2.53. The van der Waals surface area contributed by atoms with Crippen molar-refractivity contribution in [2.24, 2.45) is 7.05 Å². The predicted molar refractivity (Wildman–Crippen MR) is 71.2 cm³/mol. The number of β-amino-alcohol motifs (C(OH)–C–C–N with tert-alkyl or cyclic N) is 1. The van der Waals surface area contributed by atoms with Crippen LogP contribution in [-0.2, 0) is 7.05 Å². The Labute approximate surface area is 112 Å². The van der Waals surface area contributed by atoms with E-state index in [9.17, 15) is 14.7 Å². The SMILES string of the molecule is CC(=O)c1cc(C(=O)N2CCCC(C)(O)C2)n(C)c1. The number of nitrogens with zero attached hydrogens (tertiary/aromatic N) is 2. The van der Waals surface area contributed by atoms with Crippen molar-refractivity contribution in [2.45, 2.75) is 32.3 Å². The van der Waals surface area contributed by atoms with Crippen molar-refractivity contribution in [2.75, 3.05) is 13.1 Å². The van der Waals surface area contributed by atoms with Gasteiger partial charge in [-0.15, -0.1) is 0 Å². The van der Waals surface area contributed by atoms with Crippen molar-refractivity contribution in [3.05, 3.63) is 23.5 Å². The Bertz CT molecular complexity index is 517. The van der Waals surface area contributed by atoms with Crippen LogP contribution in [0.1, 0.15) is 47.5 Å². The molecule has 1 saturated heterocycles. The third-order valence-electron chi connectivity index (χ3n) is 3.59. The molecule has 0 radical (unpaired) electrons. The van der Waals surface area contributed by atoms with E-state index in [0.717, 1.165) is 6.42 Å². The molecule has 1 fully saturated rings. The number of piperidine rings is 1. The second-order valence-electron chi connectivity index (χ2n) is 5.61. The molecule has 5 nitrogen and oxygen atoms in total. The fraction of sp³-hybridized carbons (Fsp3) is 0.571. The number of carbonyl (C=O) groups excluding carboxylic acids is 2. The average Bonchev–Trinajstić information content (AvgIpc) is 2.69. The zero-order valence-electron chi connectivity index (χ0n) is 11.6. The topological polar surface area (TPSA) is 62.5 Å². The summed E-state index contributed by atoms with van der Waals surface area (Å²) in [5, 5.41) is 10.0. The summed E-state index contributed by atoms with van der Waals surface area (Å²) in [7, 11) is 1.75. The van der Waals surface area contributed by atoms with Gasteiger partial charge in [-0.1, -0.05) is 0 Å². The van der Waals surface area contributed by atoms with Gasteiger partial charge < -0.3 is 14.6 Å². The molecule has 2 heterocycles. The maximum absolute atomic E-state index is 12.4. The summed E-state index contributed by atoms with van der Waals surface area (Å²) < 4.78 is 1.67. The molecule has 1 amide bonds. The second kappa shape index (κ2) is 4.81. The van der Waals surface area contributed by atoms with E-state index in [1.807, 2.05) is 0 Å². The molecule has 1 aliphatic heterocycles. The number of rotatable bonds is 2. The molecular weight excluding hydrogens is 244 g/mol. The van der Waals surface area contributed by atoms with Crippen LogP contribution in [0.25, 0.3) is 0 Å². The van der Waals surface area contributed by atoms with E-state index in [4.69, 9.17) is 0 Å². The van der Waals surface area contributed by atoms with Crippen molar-refractivity contribution in [1.82, 2.24) is 9.47 Å². The van der Waals surface area contributed by atoms with Crippen molar-refractivity contribution < 1.29 is 14.7 Å². The summed E-state index contributed by atoms with van der Waals surface area (Å²) in [6.45, 7) is 4.22. The lowest BCUT2D eigenvalue weighted by atomic mass is 9.95. The predicted octanol–water partition coefficient (Wildman–Crippen LogP) is 1.21. The number of hydrogen-bond donors (Lipinski definition) is 1. The quantitative estimate of drug-likeness (QED) is 0.817. The molecule has 0 saturated carbocycles. The van der Waals surface area contributed by atoms with Gasteiger partial charge in [0.25, 0.3) is 5.91 Å². The largest absolute Gasteiger partial charge is 0.388 e. The van der Waals surface area contributed by atoms with Crippen molar-refractivity contribution in [3.8, 4) is 0 Å². The molecule has 19 heavy (non-hydrogen) atoms. The van der Waals surface area contributed by atoms with E-state index in [2.05, 4.69) is 0 Å². The van der Waals surface area contributed by atoms with E-state index < -0.39 is 5.60 Å². The Kier molecular flexibility index (Phi) is 3.49. The number of hydrogen-bond acceptors (Lipinski definition) is 3. The van der Waals surface area contributed by atoms with Crippen LogP contribution < -0.4 is 0 Å². The van der Waals surface area contributed by atoms with Gasteiger partial charge >= 0.3 is 0 Å². The summed E-state index contributed by atoms with van der Waals surface area (Å²) in [4.78, 5) is 25.4. The highest BCUT2D eigenvalue weighted by molar-refractivity contribution is 5.99. The van der Waals surface area contributed by atoms with E-state index in [-0.39, 0.29) is 11.7 Å². The Morgan fingerprint density at radius 1 is 1.42 bits per heavy atom. The second-order valence-corrected chi connectivity index (χ2v) is 5.61. The van der Waals surface area contributed by atoms with E-state index in [0.29, 0.717) is 30.8 Å². The fourth-order valence-corrected chi connectivity index (χ4v) is 2.53. The Morgan fingerprint density at radius 2 is 2.11 bits per heavy atom. The van der Waals surface area contributed by atoms with Gasteiger partial charge in [0.1, 0.15) is 5.69 Å². The summed E-state index contributed by atoms with van der Waals surface area (Å²) in [6, 6.07) is 1.62. The Hall–Kier alpha value is -1.62. The maximum Gasteiger partial charge on any atom is 0.270 e. The van der Waals surface area contributed by atoms with E-state index in [1.54, 1.807) is 35.7 Å². The normalized spacial score (nSPS) is 23.5. The monoisotopic (exact) mass is 264 g/mol. The van der Waals surface area contributed by atoms with Crippen LogP contribution >= 0.6 is 0 Å². The highest BCUT2D eigenvalue weighted by Gasteiger charge is 2.32. The van der Waals surface area contributed by atoms with Crippen LogP contribution in [0.5, 0.6) is 0 Å². The number of ketones is 1. The number of amides is 1. The molecule has 5 heteroatoms. The first-order valence-corrected chi connectivity index (χ1v) is 6.49. The molecule has 104 valence electrons. The highest BCUT2D eigenvalue weighted by Crippen LogP contribution is 2.22. The van der Waals surface area contributed by atoms with Gasteiger partial charge in [0.15, 0.2) is 5.78 Å². The zero-order valence-corrected chi connectivity index (χ0v) is 11.6. The maximum atomic E-state index is 12.4. The number of aliphatic hydroxyl groups is 1. The number of aryl methyl sites for hydroxylation is 1. The molecule has 1 unspecified atom stereocenters. The lowest BCUT2D eigenvalue weighted by Crippen LogP contribution is -2.48. The summed E-state index contributed by atoms with van der Waals surface area (Å²) >= 11 is 0. The van der Waals surface area contributed by atoms with Gasteiger partial charge in [0, 0.05) is 31.9 Å². The van der Waals surface area contributed by atoms with Crippen LogP contribution in [0.2, 0.25) is 0 Å². The Balaban J connectivity index is 2.22. The lowest BCUT2D eigenvalue weighted by molar-refractivity contribution is -0.0110. The Morgan fingerprint density at radius 3 is 2.63 bits per heavy atom. The van der Waals surface area contributed by atoms with Crippen LogP contribution in [0.3, 0.4) is 0 Å². The van der Waals surface area contributed by atoms with Gasteiger partial charge in [-0.25, -0.2) is 0 Å². The van der Waals surface area contributed by atoms with Crippen LogP contribution in [0, 0.1) is 0 Å². The molecular formula is C14H20N2O3. The summed E-state index contributed by atoms with van der Waals surface area (Å²) in [5.41, 5.74) is 0.208. The lowest BCUT2D eigenvalue weighted by Gasteiger charge is -2.36. The first-order valence-electron chi connectivity index (χ1n) is 6.49. The first kappa shape index (κ1) is 13.8. The number of Topliss-reactive ketones (excluding diaryl/α,β-unsaturated/α-hetero) is 1. The van der Waals surface area contributed by atoms with Gasteiger partial charge in [0.05, 0.1) is 5.60 Å². The molecule has 0 aliphatic carbocycles. The molecule has 2 rings (SSSR count). The van der Waals surface area contributed by atoms with Crippen LogP contribution in [0.4, 0.5) is 0 Å². The minimum Gasteiger partial charge on any atom is -0.388 e.